The lowest BCUT2D eigenvalue weighted by molar-refractivity contribution is -0.199. The summed E-state index contributed by atoms with van der Waals surface area (Å²) < 4.78 is 39.8. The summed E-state index contributed by atoms with van der Waals surface area (Å²) in [5.41, 5.74) is 4.64. The smallest absolute Gasteiger partial charge is 0.271 e. The number of halogens is 3. The molecule has 0 radical (unpaired) electrons. The molecule has 1 fully saturated rings. The highest BCUT2D eigenvalue weighted by Gasteiger charge is 2.47. The normalized spacial score (nSPS) is 24.8. The predicted octanol–water partition coefficient (Wildman–Crippen LogP) is 4.12. The molecule has 1 aromatic carbocycles. The number of benzene rings is 1. The van der Waals surface area contributed by atoms with Gasteiger partial charge in [0.2, 0.25) is 0 Å². The maximum absolute atomic E-state index is 13.3. The first-order valence-electron chi connectivity index (χ1n) is 7.59. The Morgan fingerprint density at radius 2 is 1.81 bits per heavy atom. The molecule has 0 aliphatic heterocycles. The van der Waals surface area contributed by atoms with Crippen LogP contribution in [0.15, 0.2) is 24.3 Å². The van der Waals surface area contributed by atoms with Gasteiger partial charge in [-0.05, 0) is 36.3 Å². The zero-order chi connectivity index (χ0) is 15.5. The second-order valence-corrected chi connectivity index (χ2v) is 5.84. The Hall–Kier alpha value is -1.07. The highest BCUT2D eigenvalue weighted by atomic mass is 19.4. The van der Waals surface area contributed by atoms with E-state index in [-0.39, 0.29) is 6.42 Å². The average Bonchev–Trinajstić information content (AvgIpc) is 2.48. The minimum absolute atomic E-state index is 0.208. The SMILES string of the molecule is CCc1ccc(C(NN)C2CCCCC2C(F)(F)F)cc1. The molecule has 5 heteroatoms. The number of hydrogen-bond acceptors (Lipinski definition) is 2. The van der Waals surface area contributed by atoms with Gasteiger partial charge in [0.05, 0.1) is 5.92 Å². The molecule has 1 aliphatic carbocycles. The van der Waals surface area contributed by atoms with Crippen molar-refractivity contribution in [1.82, 2.24) is 5.43 Å². The van der Waals surface area contributed by atoms with Crippen LogP contribution in [0.3, 0.4) is 0 Å². The molecule has 0 saturated heterocycles. The third-order valence-electron chi connectivity index (χ3n) is 4.59. The van der Waals surface area contributed by atoms with Crippen molar-refractivity contribution in [3.8, 4) is 0 Å². The molecule has 21 heavy (non-hydrogen) atoms. The van der Waals surface area contributed by atoms with E-state index in [4.69, 9.17) is 5.84 Å². The van der Waals surface area contributed by atoms with E-state index in [1.165, 1.54) is 5.56 Å². The van der Waals surface area contributed by atoms with Crippen LogP contribution in [-0.2, 0) is 6.42 Å². The summed E-state index contributed by atoms with van der Waals surface area (Å²) in [6, 6.07) is 7.27. The Balaban J connectivity index is 2.24. The lowest BCUT2D eigenvalue weighted by Gasteiger charge is -2.38. The van der Waals surface area contributed by atoms with Crippen LogP contribution in [0.4, 0.5) is 13.2 Å². The Labute approximate surface area is 123 Å². The van der Waals surface area contributed by atoms with Gasteiger partial charge in [0.1, 0.15) is 0 Å². The van der Waals surface area contributed by atoms with Gasteiger partial charge in [-0.3, -0.25) is 11.3 Å². The molecular formula is C16H23F3N2. The van der Waals surface area contributed by atoms with Crippen molar-refractivity contribution >= 4 is 0 Å². The maximum Gasteiger partial charge on any atom is 0.392 e. The van der Waals surface area contributed by atoms with E-state index in [0.717, 1.165) is 18.4 Å². The third kappa shape index (κ3) is 3.77. The van der Waals surface area contributed by atoms with Crippen molar-refractivity contribution in [3.63, 3.8) is 0 Å². The molecule has 118 valence electrons. The summed E-state index contributed by atoms with van der Waals surface area (Å²) in [5.74, 6) is 3.84. The van der Waals surface area contributed by atoms with Crippen LogP contribution in [-0.4, -0.2) is 6.18 Å². The largest absolute Gasteiger partial charge is 0.392 e. The van der Waals surface area contributed by atoms with Crippen molar-refractivity contribution in [1.29, 1.82) is 0 Å². The zero-order valence-electron chi connectivity index (χ0n) is 12.3. The standard InChI is InChI=1S/C16H23F3N2/c1-2-11-7-9-12(10-8-11)15(21-20)13-5-3-4-6-14(13)16(17,18)19/h7-10,13-15,21H,2-6,20H2,1H3. The minimum atomic E-state index is -4.15. The van der Waals surface area contributed by atoms with Crippen molar-refractivity contribution in [2.24, 2.45) is 17.7 Å². The average molecular weight is 300 g/mol. The summed E-state index contributed by atoms with van der Waals surface area (Å²) in [7, 11) is 0. The van der Waals surface area contributed by atoms with E-state index in [9.17, 15) is 13.2 Å². The number of hydrazine groups is 1. The first kappa shape index (κ1) is 16.3. The van der Waals surface area contributed by atoms with Crippen molar-refractivity contribution in [3.05, 3.63) is 35.4 Å². The fraction of sp³-hybridized carbons (Fsp3) is 0.625. The lowest BCUT2D eigenvalue weighted by atomic mass is 9.73. The van der Waals surface area contributed by atoms with Gasteiger partial charge >= 0.3 is 6.18 Å². The zero-order valence-corrected chi connectivity index (χ0v) is 12.3. The molecule has 1 aromatic rings. The highest BCUT2D eigenvalue weighted by Crippen LogP contribution is 2.46. The van der Waals surface area contributed by atoms with E-state index in [1.807, 2.05) is 24.3 Å². The molecule has 2 rings (SSSR count). The molecule has 0 bridgehead atoms. The fourth-order valence-corrected chi connectivity index (χ4v) is 3.39. The van der Waals surface area contributed by atoms with Gasteiger partial charge in [0.25, 0.3) is 0 Å². The van der Waals surface area contributed by atoms with Gasteiger partial charge in [-0.1, -0.05) is 44.0 Å². The number of nitrogens with two attached hydrogens (primary N) is 1. The Morgan fingerprint density at radius 1 is 1.19 bits per heavy atom. The Morgan fingerprint density at radius 3 is 2.33 bits per heavy atom. The second-order valence-electron chi connectivity index (χ2n) is 5.84. The van der Waals surface area contributed by atoms with Crippen molar-refractivity contribution in [2.45, 2.75) is 51.2 Å². The van der Waals surface area contributed by atoms with Gasteiger partial charge in [0, 0.05) is 6.04 Å². The van der Waals surface area contributed by atoms with Gasteiger partial charge in [0.15, 0.2) is 0 Å². The van der Waals surface area contributed by atoms with E-state index in [0.29, 0.717) is 12.8 Å². The monoisotopic (exact) mass is 300 g/mol. The Kier molecular flexibility index (Phi) is 5.27. The predicted molar refractivity (Wildman–Crippen MR) is 77.4 cm³/mol. The van der Waals surface area contributed by atoms with Crippen LogP contribution in [0, 0.1) is 11.8 Å². The minimum Gasteiger partial charge on any atom is -0.271 e. The second kappa shape index (κ2) is 6.79. The van der Waals surface area contributed by atoms with Crippen LogP contribution >= 0.6 is 0 Å². The molecule has 0 aromatic heterocycles. The maximum atomic E-state index is 13.3. The summed E-state index contributed by atoms with van der Waals surface area (Å²) in [4.78, 5) is 0. The molecule has 0 amide bonds. The molecule has 1 aliphatic rings. The number of aryl methyl sites for hydroxylation is 1. The lowest BCUT2D eigenvalue weighted by Crippen LogP contribution is -2.42. The van der Waals surface area contributed by atoms with Crippen LogP contribution < -0.4 is 11.3 Å². The van der Waals surface area contributed by atoms with Gasteiger partial charge < -0.3 is 0 Å². The van der Waals surface area contributed by atoms with E-state index in [1.54, 1.807) is 0 Å². The quantitative estimate of drug-likeness (QED) is 0.648. The molecule has 3 N–H and O–H groups in total. The fourth-order valence-electron chi connectivity index (χ4n) is 3.39. The third-order valence-corrected chi connectivity index (χ3v) is 4.59. The molecule has 0 heterocycles. The molecule has 3 unspecified atom stereocenters. The van der Waals surface area contributed by atoms with Crippen LogP contribution in [0.25, 0.3) is 0 Å². The molecule has 3 atom stereocenters. The Bertz CT molecular complexity index is 442. The topological polar surface area (TPSA) is 38.0 Å². The number of hydrogen-bond donors (Lipinski definition) is 2. The van der Waals surface area contributed by atoms with Gasteiger partial charge in [-0.2, -0.15) is 13.2 Å². The van der Waals surface area contributed by atoms with Crippen molar-refractivity contribution in [2.75, 3.05) is 0 Å². The summed E-state index contributed by atoms with van der Waals surface area (Å²) in [6.07, 6.45) is -0.984. The first-order chi connectivity index (χ1) is 9.97. The van der Waals surface area contributed by atoms with Crippen molar-refractivity contribution < 1.29 is 13.2 Å². The van der Waals surface area contributed by atoms with E-state index >= 15 is 0 Å². The highest BCUT2D eigenvalue weighted by molar-refractivity contribution is 5.25. The first-order valence-corrected chi connectivity index (χ1v) is 7.59. The van der Waals surface area contributed by atoms with Crippen LogP contribution in [0.5, 0.6) is 0 Å². The van der Waals surface area contributed by atoms with Crippen LogP contribution in [0.2, 0.25) is 0 Å². The molecular weight excluding hydrogens is 277 g/mol. The molecule has 2 nitrogen and oxygen atoms in total. The van der Waals surface area contributed by atoms with E-state index in [2.05, 4.69) is 12.3 Å². The molecule has 1 saturated carbocycles. The van der Waals surface area contributed by atoms with Crippen LogP contribution in [0.1, 0.15) is 49.8 Å². The summed E-state index contributed by atoms with van der Waals surface area (Å²) in [5, 5.41) is 0. The van der Waals surface area contributed by atoms with Gasteiger partial charge in [-0.15, -0.1) is 0 Å². The van der Waals surface area contributed by atoms with Gasteiger partial charge in [-0.25, -0.2) is 0 Å². The van der Waals surface area contributed by atoms with E-state index < -0.39 is 24.1 Å². The number of rotatable bonds is 4. The molecule has 0 spiro atoms. The number of alkyl halides is 3. The number of nitrogens with one attached hydrogen (secondary N) is 1. The summed E-state index contributed by atoms with van der Waals surface area (Å²) in [6.45, 7) is 2.05. The summed E-state index contributed by atoms with van der Waals surface area (Å²) >= 11 is 0.